The van der Waals surface area contributed by atoms with Crippen LogP contribution < -0.4 is 11.1 Å². The monoisotopic (exact) mass is 325 g/mol. The van der Waals surface area contributed by atoms with Crippen molar-refractivity contribution in [2.24, 2.45) is 10.7 Å². The largest absolute Gasteiger partial charge is 0.431 e. The van der Waals surface area contributed by atoms with Crippen LogP contribution in [0.4, 0.5) is 18.9 Å². The first-order chi connectivity index (χ1) is 10.7. The number of nitrogens with zero attached hydrogens (tertiary/aromatic N) is 1. The Morgan fingerprint density at radius 2 is 1.96 bits per heavy atom. The number of para-hydroxylation sites is 1. The zero-order chi connectivity index (χ0) is 17.5. The highest BCUT2D eigenvalue weighted by molar-refractivity contribution is 6.13. The molecule has 1 aromatic carbocycles. The van der Waals surface area contributed by atoms with E-state index in [0.717, 1.165) is 11.8 Å². The van der Waals surface area contributed by atoms with Gasteiger partial charge < -0.3 is 11.1 Å². The van der Waals surface area contributed by atoms with Gasteiger partial charge in [-0.15, -0.1) is 6.58 Å². The van der Waals surface area contributed by atoms with Crippen molar-refractivity contribution in [3.05, 3.63) is 53.8 Å². The molecular weight excluding hydrogens is 307 g/mol. The molecule has 0 spiro atoms. The summed E-state index contributed by atoms with van der Waals surface area (Å²) in [5.74, 6) is -0.930. The highest BCUT2D eigenvalue weighted by Gasteiger charge is 2.35. The molecule has 0 unspecified atom stereocenters. The molecule has 23 heavy (non-hydrogen) atoms. The molecule has 1 rings (SSSR count). The van der Waals surface area contributed by atoms with Crippen molar-refractivity contribution >= 4 is 17.8 Å². The molecule has 0 radical (unpaired) electrons. The summed E-state index contributed by atoms with van der Waals surface area (Å²) in [6, 6.07) is 8.28. The highest BCUT2D eigenvalue weighted by Crippen LogP contribution is 2.24. The number of nitrogens with two attached hydrogens (primary N) is 1. The lowest BCUT2D eigenvalue weighted by Gasteiger charge is -2.11. The minimum atomic E-state index is -4.82. The number of halogens is 3. The lowest BCUT2D eigenvalue weighted by molar-refractivity contribution is -0.118. The second-order valence-electron chi connectivity index (χ2n) is 4.88. The number of nitrogens with one attached hydrogen (secondary N) is 1. The molecule has 0 aliphatic heterocycles. The minimum absolute atomic E-state index is 0.169. The number of hydrogen-bond donors (Lipinski definition) is 2. The van der Waals surface area contributed by atoms with Gasteiger partial charge in [0.25, 0.3) is 5.91 Å². The van der Waals surface area contributed by atoms with Crippen molar-refractivity contribution in [1.29, 1.82) is 0 Å². The second kappa shape index (κ2) is 8.17. The van der Waals surface area contributed by atoms with Gasteiger partial charge in [0.2, 0.25) is 0 Å². The lowest BCUT2D eigenvalue weighted by atomic mass is 10.2. The van der Waals surface area contributed by atoms with E-state index in [-0.39, 0.29) is 6.54 Å². The molecule has 3 N–H and O–H groups in total. The SMILES string of the molecule is C=C(C)CCNC(=O)C(C=Nc1ccccc1)=C(N)C(F)(F)F. The summed E-state index contributed by atoms with van der Waals surface area (Å²) in [5, 5.41) is 2.37. The van der Waals surface area contributed by atoms with Crippen LogP contribution in [-0.4, -0.2) is 24.8 Å². The first-order valence-electron chi connectivity index (χ1n) is 6.80. The minimum Gasteiger partial charge on any atom is -0.394 e. The number of rotatable bonds is 6. The van der Waals surface area contributed by atoms with E-state index in [1.807, 2.05) is 0 Å². The number of carbonyl (C=O) groups is 1. The third-order valence-electron chi connectivity index (χ3n) is 2.78. The molecule has 0 aliphatic rings. The van der Waals surface area contributed by atoms with Gasteiger partial charge in [0.05, 0.1) is 11.3 Å². The molecule has 0 aliphatic carbocycles. The summed E-state index contributed by atoms with van der Waals surface area (Å²) in [5.41, 5.74) is 4.09. The Balaban J connectivity index is 3.01. The molecule has 0 atom stereocenters. The fourth-order valence-corrected chi connectivity index (χ4v) is 1.54. The molecule has 1 aromatic rings. The van der Waals surface area contributed by atoms with E-state index in [2.05, 4.69) is 16.9 Å². The normalized spacial score (nSPS) is 12.9. The van der Waals surface area contributed by atoms with Gasteiger partial charge in [-0.1, -0.05) is 23.8 Å². The van der Waals surface area contributed by atoms with Gasteiger partial charge in [0.1, 0.15) is 5.70 Å². The van der Waals surface area contributed by atoms with Crippen molar-refractivity contribution in [2.75, 3.05) is 6.54 Å². The number of aliphatic imine (C=N–C) groups is 1. The highest BCUT2D eigenvalue weighted by atomic mass is 19.4. The van der Waals surface area contributed by atoms with Crippen LogP contribution in [0.1, 0.15) is 13.3 Å². The fraction of sp³-hybridized carbons (Fsp3) is 0.250. The van der Waals surface area contributed by atoms with E-state index < -0.39 is 23.4 Å². The molecule has 4 nitrogen and oxygen atoms in total. The summed E-state index contributed by atoms with van der Waals surface area (Å²) >= 11 is 0. The average Bonchev–Trinajstić information content (AvgIpc) is 2.47. The van der Waals surface area contributed by atoms with E-state index in [4.69, 9.17) is 5.73 Å². The second-order valence-corrected chi connectivity index (χ2v) is 4.88. The molecule has 7 heteroatoms. The van der Waals surface area contributed by atoms with Gasteiger partial charge in [-0.05, 0) is 25.5 Å². The number of benzene rings is 1. The van der Waals surface area contributed by atoms with Gasteiger partial charge in [0.15, 0.2) is 0 Å². The Bertz CT molecular complexity index is 619. The van der Waals surface area contributed by atoms with E-state index in [0.29, 0.717) is 12.1 Å². The van der Waals surface area contributed by atoms with Gasteiger partial charge in [-0.25, -0.2) is 0 Å². The Morgan fingerprint density at radius 3 is 2.48 bits per heavy atom. The molecule has 0 aromatic heterocycles. The van der Waals surface area contributed by atoms with Gasteiger partial charge in [0, 0.05) is 12.8 Å². The third-order valence-corrected chi connectivity index (χ3v) is 2.78. The van der Waals surface area contributed by atoms with Gasteiger partial charge in [-0.3, -0.25) is 9.79 Å². The maximum atomic E-state index is 12.8. The molecule has 124 valence electrons. The molecule has 0 bridgehead atoms. The summed E-state index contributed by atoms with van der Waals surface area (Å²) in [6.07, 6.45) is -3.53. The number of alkyl halides is 3. The van der Waals surface area contributed by atoms with E-state index in [9.17, 15) is 18.0 Å². The first kappa shape index (κ1) is 18.5. The number of amides is 1. The van der Waals surface area contributed by atoms with Crippen molar-refractivity contribution in [1.82, 2.24) is 5.32 Å². The third kappa shape index (κ3) is 6.37. The van der Waals surface area contributed by atoms with Crippen LogP contribution in [0.5, 0.6) is 0 Å². The summed E-state index contributed by atoms with van der Waals surface area (Å²) in [6.45, 7) is 5.58. The zero-order valence-corrected chi connectivity index (χ0v) is 12.7. The number of allylic oxidation sites excluding steroid dienone is 1. The number of carbonyl (C=O) groups excluding carboxylic acids is 1. The van der Waals surface area contributed by atoms with Crippen molar-refractivity contribution in [3.8, 4) is 0 Å². The van der Waals surface area contributed by atoms with Crippen LogP contribution in [0.3, 0.4) is 0 Å². The maximum Gasteiger partial charge on any atom is 0.431 e. The summed E-state index contributed by atoms with van der Waals surface area (Å²) < 4.78 is 38.4. The Morgan fingerprint density at radius 1 is 1.35 bits per heavy atom. The van der Waals surface area contributed by atoms with Gasteiger partial charge in [-0.2, -0.15) is 13.2 Å². The van der Waals surface area contributed by atoms with Crippen molar-refractivity contribution < 1.29 is 18.0 Å². The molecule has 0 saturated heterocycles. The van der Waals surface area contributed by atoms with Gasteiger partial charge >= 0.3 is 6.18 Å². The number of hydrogen-bond acceptors (Lipinski definition) is 3. The topological polar surface area (TPSA) is 67.5 Å². The molecule has 0 fully saturated rings. The average molecular weight is 325 g/mol. The molecule has 0 saturated carbocycles. The van der Waals surface area contributed by atoms with Crippen molar-refractivity contribution in [3.63, 3.8) is 0 Å². The Kier molecular flexibility index (Phi) is 6.56. The molecular formula is C16H18F3N3O. The zero-order valence-electron chi connectivity index (χ0n) is 12.7. The summed E-state index contributed by atoms with van der Waals surface area (Å²) in [7, 11) is 0. The Hall–Kier alpha value is -2.57. The lowest BCUT2D eigenvalue weighted by Crippen LogP contribution is -2.32. The van der Waals surface area contributed by atoms with Crippen LogP contribution in [0.15, 0.2) is 58.7 Å². The predicted molar refractivity (Wildman–Crippen MR) is 84.3 cm³/mol. The van der Waals surface area contributed by atoms with Crippen LogP contribution in [0.25, 0.3) is 0 Å². The van der Waals surface area contributed by atoms with E-state index >= 15 is 0 Å². The smallest absolute Gasteiger partial charge is 0.394 e. The molecule has 1 amide bonds. The van der Waals surface area contributed by atoms with E-state index in [1.165, 1.54) is 0 Å². The van der Waals surface area contributed by atoms with E-state index in [1.54, 1.807) is 37.3 Å². The fourth-order valence-electron chi connectivity index (χ4n) is 1.54. The standard InChI is InChI=1S/C16H18F3N3O/c1-11(2)8-9-21-15(23)13(14(20)16(17,18)19)10-22-12-6-4-3-5-7-12/h3-7,10H,1,8-9,20H2,2H3,(H,21,23). The van der Waals surface area contributed by atoms with Crippen LogP contribution in [0, 0.1) is 0 Å². The first-order valence-corrected chi connectivity index (χ1v) is 6.80. The summed E-state index contributed by atoms with van der Waals surface area (Å²) in [4.78, 5) is 15.8. The van der Waals surface area contributed by atoms with Crippen LogP contribution in [0.2, 0.25) is 0 Å². The Labute approximate surface area is 132 Å². The van der Waals surface area contributed by atoms with Crippen molar-refractivity contribution in [2.45, 2.75) is 19.5 Å². The maximum absolute atomic E-state index is 12.8. The van der Waals surface area contributed by atoms with Crippen LogP contribution >= 0.6 is 0 Å². The molecule has 0 heterocycles. The quantitative estimate of drug-likeness (QED) is 0.479. The predicted octanol–water partition coefficient (Wildman–Crippen LogP) is 3.25. The van der Waals surface area contributed by atoms with Crippen LogP contribution in [-0.2, 0) is 4.79 Å².